The third kappa shape index (κ3) is 4.83. The molecule has 0 spiro atoms. The van der Waals surface area contributed by atoms with Gasteiger partial charge in [-0.2, -0.15) is 0 Å². The van der Waals surface area contributed by atoms with Gasteiger partial charge < -0.3 is 4.90 Å². The van der Waals surface area contributed by atoms with E-state index in [2.05, 4.69) is 27.5 Å². The minimum absolute atomic E-state index is 0.0533. The molecule has 74 valence electrons. The average molecular weight is 247 g/mol. The van der Waals surface area contributed by atoms with Gasteiger partial charge in [-0.25, -0.2) is 4.99 Å². The van der Waals surface area contributed by atoms with Gasteiger partial charge in [-0.1, -0.05) is 13.5 Å². The molecule has 0 saturated heterocycles. The lowest BCUT2D eigenvalue weighted by molar-refractivity contribution is -0.122. The highest BCUT2D eigenvalue weighted by atomic mass is 79.9. The van der Waals surface area contributed by atoms with E-state index in [0.717, 1.165) is 13.0 Å². The Morgan fingerprint density at radius 2 is 2.15 bits per heavy atom. The Hall–Kier alpha value is -0.640. The van der Waals surface area contributed by atoms with Crippen molar-refractivity contribution in [2.45, 2.75) is 20.3 Å². The highest BCUT2D eigenvalue weighted by Crippen LogP contribution is 2.03. The SMILES string of the molecule is C=C(Br)N=C(C)C(=O)N(C)CCC. The predicted octanol–water partition coefficient (Wildman–Crippen LogP) is 2.18. The molecular weight excluding hydrogens is 232 g/mol. The van der Waals surface area contributed by atoms with Crippen molar-refractivity contribution in [3.05, 3.63) is 11.2 Å². The quantitative estimate of drug-likeness (QED) is 0.553. The zero-order valence-corrected chi connectivity index (χ0v) is 9.89. The van der Waals surface area contributed by atoms with Crippen LogP contribution in [-0.2, 0) is 4.79 Å². The van der Waals surface area contributed by atoms with E-state index >= 15 is 0 Å². The number of amides is 1. The molecule has 0 aromatic carbocycles. The molecule has 0 aromatic heterocycles. The van der Waals surface area contributed by atoms with E-state index in [9.17, 15) is 4.79 Å². The zero-order valence-electron chi connectivity index (χ0n) is 8.30. The van der Waals surface area contributed by atoms with Gasteiger partial charge in [-0.3, -0.25) is 4.79 Å². The molecule has 0 fully saturated rings. The standard InChI is InChI=1S/C9H15BrN2O/c1-5-6-12(4)9(13)7(2)11-8(3)10/h3,5-6H2,1-2,4H3. The summed E-state index contributed by atoms with van der Waals surface area (Å²) >= 11 is 3.08. The molecule has 4 heteroatoms. The van der Waals surface area contributed by atoms with Crippen molar-refractivity contribution < 1.29 is 4.79 Å². The van der Waals surface area contributed by atoms with Crippen LogP contribution in [0.1, 0.15) is 20.3 Å². The van der Waals surface area contributed by atoms with Crippen molar-refractivity contribution in [2.75, 3.05) is 13.6 Å². The van der Waals surface area contributed by atoms with Gasteiger partial charge in [0.1, 0.15) is 5.71 Å². The summed E-state index contributed by atoms with van der Waals surface area (Å²) < 4.78 is 0.475. The van der Waals surface area contributed by atoms with Crippen LogP contribution in [0.5, 0.6) is 0 Å². The molecular formula is C9H15BrN2O. The Labute approximate surface area is 87.7 Å². The Kier molecular flexibility index (Phi) is 5.62. The molecule has 0 aliphatic carbocycles. The van der Waals surface area contributed by atoms with Crippen molar-refractivity contribution in [1.29, 1.82) is 0 Å². The third-order valence-corrected chi connectivity index (χ3v) is 1.68. The van der Waals surface area contributed by atoms with Crippen LogP contribution in [0, 0.1) is 0 Å². The van der Waals surface area contributed by atoms with Crippen molar-refractivity contribution >= 4 is 27.5 Å². The second-order valence-corrected chi connectivity index (χ2v) is 3.72. The smallest absolute Gasteiger partial charge is 0.267 e. The Morgan fingerprint density at radius 3 is 2.54 bits per heavy atom. The average Bonchev–Trinajstić information content (AvgIpc) is 2.02. The maximum atomic E-state index is 11.5. The summed E-state index contributed by atoms with van der Waals surface area (Å²) in [6.45, 7) is 8.00. The van der Waals surface area contributed by atoms with Crippen LogP contribution >= 0.6 is 15.9 Å². The Balaban J connectivity index is 4.33. The van der Waals surface area contributed by atoms with Crippen LogP contribution in [0.4, 0.5) is 0 Å². The van der Waals surface area contributed by atoms with Crippen LogP contribution in [0.2, 0.25) is 0 Å². The summed E-state index contributed by atoms with van der Waals surface area (Å²) in [4.78, 5) is 17.1. The lowest BCUT2D eigenvalue weighted by Gasteiger charge is -2.15. The minimum Gasteiger partial charge on any atom is -0.341 e. The van der Waals surface area contributed by atoms with Crippen molar-refractivity contribution in [3.8, 4) is 0 Å². The highest BCUT2D eigenvalue weighted by Gasteiger charge is 2.10. The molecule has 13 heavy (non-hydrogen) atoms. The largest absolute Gasteiger partial charge is 0.341 e. The van der Waals surface area contributed by atoms with E-state index in [-0.39, 0.29) is 5.91 Å². The Bertz CT molecular complexity index is 236. The fraction of sp³-hybridized carbons (Fsp3) is 0.556. The van der Waals surface area contributed by atoms with Crippen LogP contribution in [0.3, 0.4) is 0 Å². The van der Waals surface area contributed by atoms with Gasteiger partial charge in [-0.15, -0.1) is 0 Å². The fourth-order valence-electron chi connectivity index (χ4n) is 0.943. The number of carbonyl (C=O) groups excluding carboxylic acids is 1. The van der Waals surface area contributed by atoms with E-state index in [1.54, 1.807) is 18.9 Å². The molecule has 3 nitrogen and oxygen atoms in total. The summed E-state index contributed by atoms with van der Waals surface area (Å²) in [7, 11) is 1.77. The van der Waals surface area contributed by atoms with Crippen molar-refractivity contribution in [2.24, 2.45) is 4.99 Å². The van der Waals surface area contributed by atoms with Gasteiger partial charge >= 0.3 is 0 Å². The minimum atomic E-state index is -0.0533. The number of carbonyl (C=O) groups is 1. The first-order valence-electron chi connectivity index (χ1n) is 4.14. The summed E-state index contributed by atoms with van der Waals surface area (Å²) in [6, 6.07) is 0. The number of hydrogen-bond acceptors (Lipinski definition) is 2. The molecule has 0 atom stereocenters. The molecule has 0 aliphatic heterocycles. The normalized spacial score (nSPS) is 11.2. The van der Waals surface area contributed by atoms with E-state index in [1.165, 1.54) is 0 Å². The molecule has 0 heterocycles. The summed E-state index contributed by atoms with van der Waals surface area (Å²) in [6.07, 6.45) is 0.949. The van der Waals surface area contributed by atoms with Gasteiger partial charge in [0.05, 0.1) is 4.61 Å². The van der Waals surface area contributed by atoms with Gasteiger partial charge in [0.25, 0.3) is 5.91 Å². The van der Waals surface area contributed by atoms with E-state index in [4.69, 9.17) is 0 Å². The highest BCUT2D eigenvalue weighted by molar-refractivity contribution is 9.11. The first kappa shape index (κ1) is 12.4. The zero-order chi connectivity index (χ0) is 10.4. The van der Waals surface area contributed by atoms with Crippen LogP contribution < -0.4 is 0 Å². The van der Waals surface area contributed by atoms with Crippen LogP contribution in [0.25, 0.3) is 0 Å². The second kappa shape index (κ2) is 5.91. The number of hydrogen-bond donors (Lipinski definition) is 0. The third-order valence-electron chi connectivity index (χ3n) is 1.50. The van der Waals surface area contributed by atoms with E-state index < -0.39 is 0 Å². The molecule has 0 N–H and O–H groups in total. The van der Waals surface area contributed by atoms with Crippen LogP contribution in [-0.4, -0.2) is 30.1 Å². The van der Waals surface area contributed by atoms with Crippen molar-refractivity contribution in [1.82, 2.24) is 4.90 Å². The number of nitrogens with zero attached hydrogens (tertiary/aromatic N) is 2. The maximum absolute atomic E-state index is 11.5. The molecule has 0 saturated carbocycles. The summed E-state index contributed by atoms with van der Waals surface area (Å²) in [5.74, 6) is -0.0533. The van der Waals surface area contributed by atoms with Crippen molar-refractivity contribution in [3.63, 3.8) is 0 Å². The van der Waals surface area contributed by atoms with E-state index in [1.807, 2.05) is 6.92 Å². The predicted molar refractivity (Wildman–Crippen MR) is 59.1 cm³/mol. The molecule has 0 radical (unpaired) electrons. The Morgan fingerprint density at radius 1 is 1.62 bits per heavy atom. The topological polar surface area (TPSA) is 32.7 Å². The van der Waals surface area contributed by atoms with Gasteiger partial charge in [0.15, 0.2) is 0 Å². The molecule has 0 aromatic rings. The number of aliphatic imine (C=N–C) groups is 1. The van der Waals surface area contributed by atoms with Gasteiger partial charge in [0.2, 0.25) is 0 Å². The second-order valence-electron chi connectivity index (χ2n) is 2.80. The van der Waals surface area contributed by atoms with Gasteiger partial charge in [0, 0.05) is 13.6 Å². The molecule has 0 unspecified atom stereocenters. The molecule has 0 aliphatic rings. The lowest BCUT2D eigenvalue weighted by Crippen LogP contribution is -2.32. The number of halogens is 1. The summed E-state index contributed by atoms with van der Waals surface area (Å²) in [5.41, 5.74) is 0.456. The fourth-order valence-corrected chi connectivity index (χ4v) is 1.21. The molecule has 0 rings (SSSR count). The monoisotopic (exact) mass is 246 g/mol. The number of rotatable bonds is 4. The molecule has 0 bridgehead atoms. The lowest BCUT2D eigenvalue weighted by atomic mass is 10.3. The first-order chi connectivity index (χ1) is 5.99. The molecule has 1 amide bonds. The first-order valence-corrected chi connectivity index (χ1v) is 4.93. The van der Waals surface area contributed by atoms with Gasteiger partial charge in [-0.05, 0) is 29.3 Å². The summed E-state index contributed by atoms with van der Waals surface area (Å²) in [5, 5.41) is 0. The maximum Gasteiger partial charge on any atom is 0.267 e. The van der Waals surface area contributed by atoms with Crippen LogP contribution in [0.15, 0.2) is 16.2 Å². The van der Waals surface area contributed by atoms with E-state index in [0.29, 0.717) is 10.3 Å².